The van der Waals surface area contributed by atoms with Crippen LogP contribution in [0.4, 0.5) is 8.78 Å². The number of hydrogen-bond donors (Lipinski definition) is 1. The molecule has 0 saturated heterocycles. The van der Waals surface area contributed by atoms with Crippen molar-refractivity contribution >= 4 is 15.9 Å². The molecule has 2 aromatic carbocycles. The Bertz CT molecular complexity index is 619. The van der Waals surface area contributed by atoms with E-state index >= 15 is 0 Å². The molecule has 5 heteroatoms. The molecule has 1 N–H and O–H groups in total. The highest BCUT2D eigenvalue weighted by Gasteiger charge is 2.11. The van der Waals surface area contributed by atoms with Crippen molar-refractivity contribution in [3.8, 4) is 5.75 Å². The van der Waals surface area contributed by atoms with Crippen LogP contribution in [0.15, 0.2) is 40.9 Å². The van der Waals surface area contributed by atoms with Crippen LogP contribution in [0.5, 0.6) is 5.75 Å². The van der Waals surface area contributed by atoms with Gasteiger partial charge in [-0.05, 0) is 52.7 Å². The van der Waals surface area contributed by atoms with E-state index in [1.54, 1.807) is 0 Å². The summed E-state index contributed by atoms with van der Waals surface area (Å²) in [5.74, 6) is -0.326. The molecule has 112 valence electrons. The zero-order chi connectivity index (χ0) is 15.2. The molecule has 0 amide bonds. The molecule has 0 saturated carbocycles. The standard InChI is InChI=1S/C16H16BrF2NO/c1-2-21-12-5-3-4-11(8-12)9-20-10-13-15(18)7-6-14(17)16(13)19/h3-8,20H,2,9-10H2,1H3. The molecule has 0 spiro atoms. The minimum Gasteiger partial charge on any atom is -0.494 e. The number of rotatable bonds is 6. The lowest BCUT2D eigenvalue weighted by Crippen LogP contribution is -2.15. The molecule has 2 nitrogen and oxygen atoms in total. The Labute approximate surface area is 131 Å². The van der Waals surface area contributed by atoms with Crippen LogP contribution in [0.25, 0.3) is 0 Å². The molecule has 0 aromatic heterocycles. The quantitative estimate of drug-likeness (QED) is 0.774. The van der Waals surface area contributed by atoms with E-state index in [2.05, 4.69) is 21.2 Å². The summed E-state index contributed by atoms with van der Waals surface area (Å²) in [6, 6.07) is 10.2. The maximum absolute atomic E-state index is 13.8. The van der Waals surface area contributed by atoms with Crippen molar-refractivity contribution in [2.45, 2.75) is 20.0 Å². The Morgan fingerprint density at radius 3 is 2.71 bits per heavy atom. The van der Waals surface area contributed by atoms with Crippen molar-refractivity contribution in [1.82, 2.24) is 5.32 Å². The highest BCUT2D eigenvalue weighted by atomic mass is 79.9. The summed E-state index contributed by atoms with van der Waals surface area (Å²) in [7, 11) is 0. The molecule has 0 atom stereocenters. The van der Waals surface area contributed by atoms with E-state index in [0.29, 0.717) is 13.2 Å². The summed E-state index contributed by atoms with van der Waals surface area (Å²) in [6.45, 7) is 3.15. The number of halogens is 3. The Balaban J connectivity index is 1.99. The fraction of sp³-hybridized carbons (Fsp3) is 0.250. The maximum Gasteiger partial charge on any atom is 0.144 e. The smallest absolute Gasteiger partial charge is 0.144 e. The number of nitrogens with one attached hydrogen (secondary N) is 1. The summed E-state index contributed by atoms with van der Waals surface area (Å²) in [6.07, 6.45) is 0. The lowest BCUT2D eigenvalue weighted by atomic mass is 10.1. The molecule has 0 fully saturated rings. The van der Waals surface area contributed by atoms with Crippen molar-refractivity contribution in [3.05, 3.63) is 63.6 Å². The SMILES string of the molecule is CCOc1cccc(CNCc2c(F)ccc(Br)c2F)c1. The summed E-state index contributed by atoms with van der Waals surface area (Å²) >= 11 is 3.06. The molecular formula is C16H16BrF2NO. The van der Waals surface area contributed by atoms with Crippen LogP contribution in [-0.2, 0) is 13.1 Å². The summed E-state index contributed by atoms with van der Waals surface area (Å²) in [4.78, 5) is 0. The van der Waals surface area contributed by atoms with Gasteiger partial charge in [-0.2, -0.15) is 0 Å². The van der Waals surface area contributed by atoms with E-state index in [9.17, 15) is 8.78 Å². The molecule has 0 unspecified atom stereocenters. The van der Waals surface area contributed by atoms with Gasteiger partial charge in [0.25, 0.3) is 0 Å². The highest BCUT2D eigenvalue weighted by molar-refractivity contribution is 9.10. The first kappa shape index (κ1) is 15.9. The molecular weight excluding hydrogens is 340 g/mol. The average Bonchev–Trinajstić information content (AvgIpc) is 2.48. The van der Waals surface area contributed by atoms with Crippen LogP contribution in [0.1, 0.15) is 18.1 Å². The topological polar surface area (TPSA) is 21.3 Å². The zero-order valence-electron chi connectivity index (χ0n) is 11.6. The van der Waals surface area contributed by atoms with Crippen molar-refractivity contribution in [2.75, 3.05) is 6.61 Å². The van der Waals surface area contributed by atoms with Crippen molar-refractivity contribution in [1.29, 1.82) is 0 Å². The second-order valence-corrected chi connectivity index (χ2v) is 5.36. The van der Waals surface area contributed by atoms with Crippen molar-refractivity contribution in [2.24, 2.45) is 0 Å². The van der Waals surface area contributed by atoms with Gasteiger partial charge in [0.2, 0.25) is 0 Å². The predicted molar refractivity (Wildman–Crippen MR) is 82.2 cm³/mol. The Hall–Kier alpha value is -1.46. The molecule has 2 aromatic rings. The Morgan fingerprint density at radius 2 is 1.95 bits per heavy atom. The van der Waals surface area contributed by atoms with Gasteiger partial charge in [-0.3, -0.25) is 0 Å². The molecule has 0 aliphatic carbocycles. The van der Waals surface area contributed by atoms with Crippen molar-refractivity contribution < 1.29 is 13.5 Å². The van der Waals surface area contributed by atoms with E-state index in [4.69, 9.17) is 4.74 Å². The first-order chi connectivity index (χ1) is 10.1. The normalized spacial score (nSPS) is 10.7. The van der Waals surface area contributed by atoms with Gasteiger partial charge in [-0.15, -0.1) is 0 Å². The summed E-state index contributed by atoms with van der Waals surface area (Å²) in [5.41, 5.74) is 1.03. The molecule has 0 aliphatic heterocycles. The lowest BCUT2D eigenvalue weighted by Gasteiger charge is -2.09. The third-order valence-corrected chi connectivity index (χ3v) is 3.59. The van der Waals surface area contributed by atoms with E-state index < -0.39 is 11.6 Å². The fourth-order valence-electron chi connectivity index (χ4n) is 1.97. The van der Waals surface area contributed by atoms with Crippen LogP contribution in [0.3, 0.4) is 0 Å². The second kappa shape index (κ2) is 7.52. The van der Waals surface area contributed by atoms with Gasteiger partial charge >= 0.3 is 0 Å². The predicted octanol–water partition coefficient (Wildman–Crippen LogP) is 4.42. The second-order valence-electron chi connectivity index (χ2n) is 4.51. The van der Waals surface area contributed by atoms with Gasteiger partial charge in [0, 0.05) is 18.7 Å². The number of hydrogen-bond acceptors (Lipinski definition) is 2. The van der Waals surface area contributed by atoms with Crippen LogP contribution in [0.2, 0.25) is 0 Å². The molecule has 2 rings (SSSR count). The van der Waals surface area contributed by atoms with Crippen LogP contribution >= 0.6 is 15.9 Å². The molecule has 0 heterocycles. The van der Waals surface area contributed by atoms with Crippen LogP contribution < -0.4 is 10.1 Å². The van der Waals surface area contributed by atoms with Gasteiger partial charge in [-0.1, -0.05) is 12.1 Å². The maximum atomic E-state index is 13.8. The van der Waals surface area contributed by atoms with E-state index in [0.717, 1.165) is 11.3 Å². The highest BCUT2D eigenvalue weighted by Crippen LogP contribution is 2.21. The minimum atomic E-state index is -0.564. The first-order valence-electron chi connectivity index (χ1n) is 6.66. The first-order valence-corrected chi connectivity index (χ1v) is 7.46. The minimum absolute atomic E-state index is 0.0327. The van der Waals surface area contributed by atoms with Gasteiger partial charge < -0.3 is 10.1 Å². The summed E-state index contributed by atoms with van der Waals surface area (Å²) in [5, 5.41) is 3.04. The third-order valence-electron chi connectivity index (χ3n) is 2.98. The monoisotopic (exact) mass is 355 g/mol. The van der Waals surface area contributed by atoms with E-state index in [1.807, 2.05) is 31.2 Å². The van der Waals surface area contributed by atoms with Crippen molar-refractivity contribution in [3.63, 3.8) is 0 Å². The van der Waals surface area contributed by atoms with Gasteiger partial charge in [-0.25, -0.2) is 8.78 Å². The van der Waals surface area contributed by atoms with Crippen LogP contribution in [-0.4, -0.2) is 6.61 Å². The fourth-order valence-corrected chi connectivity index (χ4v) is 2.35. The molecule has 21 heavy (non-hydrogen) atoms. The Morgan fingerprint density at radius 1 is 1.14 bits per heavy atom. The number of ether oxygens (including phenoxy) is 1. The summed E-state index contributed by atoms with van der Waals surface area (Å²) < 4.78 is 33.1. The van der Waals surface area contributed by atoms with Gasteiger partial charge in [0.1, 0.15) is 17.4 Å². The van der Waals surface area contributed by atoms with E-state index in [-0.39, 0.29) is 16.6 Å². The molecule has 0 radical (unpaired) electrons. The lowest BCUT2D eigenvalue weighted by molar-refractivity contribution is 0.340. The average molecular weight is 356 g/mol. The van der Waals surface area contributed by atoms with Gasteiger partial charge in [0.15, 0.2) is 0 Å². The largest absolute Gasteiger partial charge is 0.494 e. The Kier molecular flexibility index (Phi) is 5.70. The van der Waals surface area contributed by atoms with Gasteiger partial charge in [0.05, 0.1) is 11.1 Å². The zero-order valence-corrected chi connectivity index (χ0v) is 13.2. The molecule has 0 bridgehead atoms. The van der Waals surface area contributed by atoms with Crippen LogP contribution in [0, 0.1) is 11.6 Å². The van der Waals surface area contributed by atoms with E-state index in [1.165, 1.54) is 12.1 Å². The number of benzene rings is 2. The third kappa shape index (κ3) is 4.25. The molecule has 0 aliphatic rings.